The molecule has 0 unspecified atom stereocenters. The second-order valence-electron chi connectivity index (χ2n) is 9.22. The summed E-state index contributed by atoms with van der Waals surface area (Å²) in [6.07, 6.45) is 6.00. The maximum Gasteiger partial charge on any atom is 0.255 e. The number of pyridine rings is 3. The van der Waals surface area contributed by atoms with Gasteiger partial charge in [0.25, 0.3) is 5.91 Å². The van der Waals surface area contributed by atoms with Crippen molar-refractivity contribution in [3.05, 3.63) is 109 Å². The number of halogens is 2. The van der Waals surface area contributed by atoms with Gasteiger partial charge in [-0.25, -0.2) is 13.8 Å². The van der Waals surface area contributed by atoms with E-state index in [-0.39, 0.29) is 22.7 Å². The lowest BCUT2D eigenvalue weighted by molar-refractivity contribution is 0.102. The zero-order chi connectivity index (χ0) is 27.9. The molecule has 41 heavy (non-hydrogen) atoms. The second-order valence-corrected chi connectivity index (χ2v) is 9.22. The van der Waals surface area contributed by atoms with Crippen LogP contribution in [-0.4, -0.2) is 41.0 Å². The standard InChI is InChI=1S/C30H18F2N8O/c31-19-8-4-7-17(11-19)26-27-21(9-10-34-26)37-29(38-27)28-23-22(39-40-28)15-35-25(24(23)32)18-12-20(14-33-13-18)36-30(41)16-5-2-1-3-6-16/h1-15H,(H,36,41)(H,37,38)(H,39,40). The number of rotatable bonds is 5. The minimum absolute atomic E-state index is 0.0293. The van der Waals surface area contributed by atoms with Crippen LogP contribution in [0.1, 0.15) is 10.4 Å². The Morgan fingerprint density at radius 2 is 1.68 bits per heavy atom. The van der Waals surface area contributed by atoms with Crippen molar-refractivity contribution in [1.82, 2.24) is 35.1 Å². The highest BCUT2D eigenvalue weighted by Gasteiger charge is 2.22. The maximum absolute atomic E-state index is 16.1. The smallest absolute Gasteiger partial charge is 0.255 e. The molecule has 1 amide bonds. The van der Waals surface area contributed by atoms with Crippen LogP contribution >= 0.6 is 0 Å². The number of nitrogens with zero attached hydrogens (tertiary/aromatic N) is 5. The SMILES string of the molecule is O=C(Nc1cncc(-c2ncc3[nH]nc(-c4nc5c(-c6cccc(F)c6)nccc5[nH]4)c3c2F)c1)c1ccccc1. The lowest BCUT2D eigenvalue weighted by Crippen LogP contribution is -2.11. The molecule has 0 aliphatic rings. The van der Waals surface area contributed by atoms with E-state index in [4.69, 9.17) is 0 Å². The maximum atomic E-state index is 16.1. The van der Waals surface area contributed by atoms with Gasteiger partial charge in [-0.2, -0.15) is 5.10 Å². The van der Waals surface area contributed by atoms with Gasteiger partial charge >= 0.3 is 0 Å². The number of hydrogen-bond acceptors (Lipinski definition) is 6. The summed E-state index contributed by atoms with van der Waals surface area (Å²) in [7, 11) is 0. The summed E-state index contributed by atoms with van der Waals surface area (Å²) in [6.45, 7) is 0. The lowest BCUT2D eigenvalue weighted by atomic mass is 10.1. The fourth-order valence-corrected chi connectivity index (χ4v) is 4.67. The summed E-state index contributed by atoms with van der Waals surface area (Å²) in [5.41, 5.74) is 4.03. The van der Waals surface area contributed by atoms with Crippen molar-refractivity contribution in [2.24, 2.45) is 0 Å². The van der Waals surface area contributed by atoms with Crippen LogP contribution in [-0.2, 0) is 0 Å². The fourth-order valence-electron chi connectivity index (χ4n) is 4.67. The average molecular weight is 545 g/mol. The van der Waals surface area contributed by atoms with Gasteiger partial charge < -0.3 is 10.3 Å². The first-order valence-electron chi connectivity index (χ1n) is 12.5. The summed E-state index contributed by atoms with van der Waals surface area (Å²) in [5.74, 6) is -1.04. The van der Waals surface area contributed by atoms with Crippen LogP contribution in [0.2, 0.25) is 0 Å². The van der Waals surface area contributed by atoms with E-state index < -0.39 is 11.6 Å². The highest BCUT2D eigenvalue weighted by Crippen LogP contribution is 2.34. The number of hydrogen-bond donors (Lipinski definition) is 3. The molecule has 0 fully saturated rings. The van der Waals surface area contributed by atoms with Crippen molar-refractivity contribution in [3.8, 4) is 34.0 Å². The summed E-state index contributed by atoms with van der Waals surface area (Å²) in [4.78, 5) is 33.3. The van der Waals surface area contributed by atoms with E-state index in [1.54, 1.807) is 54.7 Å². The average Bonchev–Trinajstić information content (AvgIpc) is 3.63. The van der Waals surface area contributed by atoms with Gasteiger partial charge in [-0.15, -0.1) is 0 Å². The van der Waals surface area contributed by atoms with Crippen LogP contribution in [0.15, 0.2) is 91.5 Å². The van der Waals surface area contributed by atoms with Gasteiger partial charge in [-0.1, -0.05) is 30.3 Å². The van der Waals surface area contributed by atoms with E-state index in [0.717, 1.165) is 0 Å². The van der Waals surface area contributed by atoms with Gasteiger partial charge in [-0.05, 0) is 36.4 Å². The molecule has 0 radical (unpaired) electrons. The third kappa shape index (κ3) is 4.35. The molecule has 0 bridgehead atoms. The molecule has 0 saturated carbocycles. The van der Waals surface area contributed by atoms with Crippen molar-refractivity contribution in [2.75, 3.05) is 5.32 Å². The number of H-pyrrole nitrogens is 2. The Kier molecular flexibility index (Phi) is 5.74. The van der Waals surface area contributed by atoms with Crippen molar-refractivity contribution in [2.45, 2.75) is 0 Å². The van der Waals surface area contributed by atoms with Gasteiger partial charge in [0.1, 0.15) is 22.7 Å². The number of aromatic nitrogens is 7. The van der Waals surface area contributed by atoms with Crippen molar-refractivity contribution in [3.63, 3.8) is 0 Å². The van der Waals surface area contributed by atoms with E-state index >= 15 is 4.39 Å². The molecule has 0 spiro atoms. The molecule has 5 heterocycles. The summed E-state index contributed by atoms with van der Waals surface area (Å²) in [6, 6.07) is 18.1. The van der Waals surface area contributed by atoms with Crippen LogP contribution in [0.5, 0.6) is 0 Å². The molecule has 0 aliphatic heterocycles. The quantitative estimate of drug-likeness (QED) is 0.239. The first-order chi connectivity index (χ1) is 20.0. The van der Waals surface area contributed by atoms with E-state index in [1.165, 1.54) is 30.7 Å². The number of anilines is 1. The minimum Gasteiger partial charge on any atom is -0.336 e. The zero-order valence-electron chi connectivity index (χ0n) is 21.1. The number of carbonyl (C=O) groups excluding carboxylic acids is 1. The molecular weight excluding hydrogens is 526 g/mol. The van der Waals surface area contributed by atoms with Crippen molar-refractivity contribution in [1.29, 1.82) is 0 Å². The van der Waals surface area contributed by atoms with Crippen LogP contribution in [0, 0.1) is 11.6 Å². The first-order valence-corrected chi connectivity index (χ1v) is 12.5. The number of aromatic amines is 2. The summed E-state index contributed by atoms with van der Waals surface area (Å²) in [5, 5.41) is 10.1. The number of carbonyl (C=O) groups is 1. The third-order valence-corrected chi connectivity index (χ3v) is 6.57. The molecule has 11 heteroatoms. The normalized spacial score (nSPS) is 11.3. The Balaban J connectivity index is 1.29. The predicted molar refractivity (Wildman–Crippen MR) is 150 cm³/mol. The van der Waals surface area contributed by atoms with Gasteiger partial charge in [0.05, 0.1) is 40.2 Å². The predicted octanol–water partition coefficient (Wildman–Crippen LogP) is 6.16. The molecular formula is C30H18F2N8O. The van der Waals surface area contributed by atoms with Gasteiger partial charge in [-0.3, -0.25) is 24.8 Å². The van der Waals surface area contributed by atoms with Gasteiger partial charge in [0, 0.05) is 29.1 Å². The molecule has 0 saturated heterocycles. The first kappa shape index (κ1) is 24.2. The van der Waals surface area contributed by atoms with E-state index in [9.17, 15) is 9.18 Å². The summed E-state index contributed by atoms with van der Waals surface area (Å²) < 4.78 is 30.0. The Morgan fingerprint density at radius 1 is 0.805 bits per heavy atom. The third-order valence-electron chi connectivity index (χ3n) is 6.57. The molecule has 0 aliphatic carbocycles. The summed E-state index contributed by atoms with van der Waals surface area (Å²) >= 11 is 0. The van der Waals surface area contributed by atoms with E-state index in [1.807, 2.05) is 6.07 Å². The van der Waals surface area contributed by atoms with Crippen molar-refractivity contribution >= 4 is 33.5 Å². The largest absolute Gasteiger partial charge is 0.336 e. The number of imidazole rings is 1. The molecule has 198 valence electrons. The van der Waals surface area contributed by atoms with Crippen LogP contribution in [0.4, 0.5) is 14.5 Å². The molecule has 7 aromatic rings. The Bertz CT molecular complexity index is 2090. The molecule has 5 aromatic heterocycles. The highest BCUT2D eigenvalue weighted by atomic mass is 19.1. The monoisotopic (exact) mass is 544 g/mol. The van der Waals surface area contributed by atoms with Gasteiger partial charge in [0.15, 0.2) is 11.6 Å². The van der Waals surface area contributed by atoms with Gasteiger partial charge in [0.2, 0.25) is 0 Å². The Morgan fingerprint density at radius 3 is 2.54 bits per heavy atom. The zero-order valence-corrected chi connectivity index (χ0v) is 21.1. The Labute approximate surface area is 230 Å². The van der Waals surface area contributed by atoms with E-state index in [2.05, 4.69) is 40.4 Å². The Hall–Kier alpha value is -5.84. The molecule has 0 atom stereocenters. The number of fused-ring (bicyclic) bond motifs is 2. The second kappa shape index (κ2) is 9.72. The topological polar surface area (TPSA) is 125 Å². The number of amides is 1. The molecule has 9 nitrogen and oxygen atoms in total. The number of benzene rings is 2. The van der Waals surface area contributed by atoms with Crippen LogP contribution < -0.4 is 5.32 Å². The van der Waals surface area contributed by atoms with Crippen molar-refractivity contribution < 1.29 is 13.6 Å². The fraction of sp³-hybridized carbons (Fsp3) is 0. The van der Waals surface area contributed by atoms with Crippen LogP contribution in [0.25, 0.3) is 56.0 Å². The molecule has 3 N–H and O–H groups in total. The molecule has 7 rings (SSSR count). The number of nitrogens with one attached hydrogen (secondary N) is 3. The van der Waals surface area contributed by atoms with E-state index in [0.29, 0.717) is 50.4 Å². The lowest BCUT2D eigenvalue weighted by Gasteiger charge is -2.08. The molecule has 2 aromatic carbocycles. The highest BCUT2D eigenvalue weighted by molar-refractivity contribution is 6.04. The minimum atomic E-state index is -0.636. The van der Waals surface area contributed by atoms with Crippen LogP contribution in [0.3, 0.4) is 0 Å².